The number of hydrogen-bond acceptors (Lipinski definition) is 3. The summed E-state index contributed by atoms with van der Waals surface area (Å²) >= 11 is 0. The van der Waals surface area contributed by atoms with E-state index in [-0.39, 0.29) is 0 Å². The second-order valence-corrected chi connectivity index (χ2v) is 8.92. The molecule has 1 aliphatic rings. The van der Waals surface area contributed by atoms with Crippen molar-refractivity contribution in [3.63, 3.8) is 0 Å². The normalized spacial score (nSPS) is 17.1. The van der Waals surface area contributed by atoms with Gasteiger partial charge in [-0.25, -0.2) is 8.42 Å². The molecule has 1 saturated heterocycles. The van der Waals surface area contributed by atoms with Crippen LogP contribution in [0, 0.1) is 11.3 Å². The Hall–Kier alpha value is -1.81. The number of nitrogens with zero attached hydrogens (tertiary/aromatic N) is 1. The molecule has 0 aliphatic carbocycles. The zero-order valence-corrected chi connectivity index (χ0v) is 14.7. The van der Waals surface area contributed by atoms with Crippen LogP contribution in [-0.4, -0.2) is 21.5 Å². The maximum Gasteiger partial charge on any atom is 0.206 e. The third-order valence-corrected chi connectivity index (χ3v) is 6.85. The summed E-state index contributed by atoms with van der Waals surface area (Å²) < 4.78 is 25.2. The molecule has 0 radical (unpaired) electrons. The second-order valence-electron chi connectivity index (χ2n) is 6.98. The Labute approximate surface area is 138 Å². The summed E-state index contributed by atoms with van der Waals surface area (Å²) in [4.78, 5) is 2.99. The largest absolute Gasteiger partial charge is 0.370 e. The lowest BCUT2D eigenvalue weighted by molar-refractivity contribution is 0.161. The first-order chi connectivity index (χ1) is 10.8. The van der Waals surface area contributed by atoms with Gasteiger partial charge in [-0.1, -0.05) is 39.0 Å². The van der Waals surface area contributed by atoms with E-state index in [0.717, 1.165) is 18.8 Å². The van der Waals surface area contributed by atoms with Crippen molar-refractivity contribution in [3.8, 4) is 0 Å². The first-order valence-electron chi connectivity index (χ1n) is 7.98. The molecule has 2 aromatic carbocycles. The van der Waals surface area contributed by atoms with Crippen molar-refractivity contribution in [1.29, 1.82) is 0 Å². The SMILES string of the molecule is CC(C)C1(C)CN(c2ccc(S(=O)(=O)c3ccccc3)cc2)C1. The van der Waals surface area contributed by atoms with E-state index in [2.05, 4.69) is 25.7 Å². The quantitative estimate of drug-likeness (QED) is 0.851. The highest BCUT2D eigenvalue weighted by Crippen LogP contribution is 2.40. The van der Waals surface area contributed by atoms with E-state index in [4.69, 9.17) is 0 Å². The minimum absolute atomic E-state index is 0.337. The first-order valence-corrected chi connectivity index (χ1v) is 9.46. The summed E-state index contributed by atoms with van der Waals surface area (Å²) in [7, 11) is -3.42. The zero-order chi connectivity index (χ0) is 16.7. The van der Waals surface area contributed by atoms with Crippen LogP contribution in [0.25, 0.3) is 0 Å². The molecule has 3 nitrogen and oxygen atoms in total. The van der Waals surface area contributed by atoms with Crippen molar-refractivity contribution < 1.29 is 8.42 Å². The Morgan fingerprint density at radius 2 is 1.43 bits per heavy atom. The predicted molar refractivity (Wildman–Crippen MR) is 93.5 cm³/mol. The molecule has 0 N–H and O–H groups in total. The molecule has 1 aliphatic heterocycles. The van der Waals surface area contributed by atoms with Gasteiger partial charge < -0.3 is 4.90 Å². The van der Waals surface area contributed by atoms with Crippen LogP contribution in [-0.2, 0) is 9.84 Å². The van der Waals surface area contributed by atoms with Crippen molar-refractivity contribution in [2.45, 2.75) is 30.6 Å². The van der Waals surface area contributed by atoms with Gasteiger partial charge >= 0.3 is 0 Å². The van der Waals surface area contributed by atoms with Crippen LogP contribution < -0.4 is 4.90 Å². The zero-order valence-electron chi connectivity index (χ0n) is 13.9. The molecule has 122 valence electrons. The Bertz CT molecular complexity index is 774. The fraction of sp³-hybridized carbons (Fsp3) is 0.368. The molecule has 2 aromatic rings. The van der Waals surface area contributed by atoms with Gasteiger partial charge in [0, 0.05) is 24.2 Å². The summed E-state index contributed by atoms with van der Waals surface area (Å²) in [6, 6.07) is 15.8. The molecule has 3 rings (SSSR count). The molecule has 0 bridgehead atoms. The topological polar surface area (TPSA) is 37.4 Å². The summed E-state index contributed by atoms with van der Waals surface area (Å²) in [5, 5.41) is 0. The van der Waals surface area contributed by atoms with Gasteiger partial charge in [-0.3, -0.25) is 0 Å². The highest BCUT2D eigenvalue weighted by Gasteiger charge is 2.41. The van der Waals surface area contributed by atoms with Crippen LogP contribution in [0.15, 0.2) is 64.4 Å². The molecule has 23 heavy (non-hydrogen) atoms. The van der Waals surface area contributed by atoms with Crippen molar-refractivity contribution in [2.24, 2.45) is 11.3 Å². The Morgan fingerprint density at radius 1 is 0.913 bits per heavy atom. The summed E-state index contributed by atoms with van der Waals surface area (Å²) in [6.45, 7) is 8.87. The number of hydrogen-bond donors (Lipinski definition) is 0. The molecule has 4 heteroatoms. The third kappa shape index (κ3) is 2.88. The van der Waals surface area contributed by atoms with Crippen molar-refractivity contribution >= 4 is 15.5 Å². The summed E-state index contributed by atoms with van der Waals surface area (Å²) in [6.07, 6.45) is 0. The molecule has 0 unspecified atom stereocenters. The molecule has 1 heterocycles. The highest BCUT2D eigenvalue weighted by atomic mass is 32.2. The fourth-order valence-electron chi connectivity index (χ4n) is 2.95. The molecule has 0 spiro atoms. The average Bonchev–Trinajstić information content (AvgIpc) is 2.52. The summed E-state index contributed by atoms with van der Waals surface area (Å²) in [5.74, 6) is 0.650. The van der Waals surface area contributed by atoms with Crippen LogP contribution in [0.1, 0.15) is 20.8 Å². The Balaban J connectivity index is 1.79. The van der Waals surface area contributed by atoms with Crippen LogP contribution >= 0.6 is 0 Å². The maximum absolute atomic E-state index is 12.6. The summed E-state index contributed by atoms with van der Waals surface area (Å²) in [5.41, 5.74) is 1.45. The molecule has 0 aromatic heterocycles. The van der Waals surface area contributed by atoms with Gasteiger partial charge in [-0.2, -0.15) is 0 Å². The van der Waals surface area contributed by atoms with Gasteiger partial charge in [0.25, 0.3) is 0 Å². The molecular formula is C19H23NO2S. The predicted octanol–water partition coefficient (Wildman–Crippen LogP) is 4.00. The third-order valence-electron chi connectivity index (χ3n) is 5.06. The van der Waals surface area contributed by atoms with Crippen molar-refractivity contribution in [1.82, 2.24) is 0 Å². The smallest absolute Gasteiger partial charge is 0.206 e. The monoisotopic (exact) mass is 329 g/mol. The van der Waals surface area contributed by atoms with Gasteiger partial charge in [0.05, 0.1) is 9.79 Å². The Kier molecular flexibility index (Phi) is 3.96. The van der Waals surface area contributed by atoms with Gasteiger partial charge in [-0.15, -0.1) is 0 Å². The van der Waals surface area contributed by atoms with Crippen molar-refractivity contribution in [2.75, 3.05) is 18.0 Å². The van der Waals surface area contributed by atoms with Gasteiger partial charge in [0.1, 0.15) is 0 Å². The molecular weight excluding hydrogens is 306 g/mol. The number of benzene rings is 2. The average molecular weight is 329 g/mol. The Morgan fingerprint density at radius 3 is 1.96 bits per heavy atom. The van der Waals surface area contributed by atoms with Crippen molar-refractivity contribution in [3.05, 3.63) is 54.6 Å². The van der Waals surface area contributed by atoms with Crippen LogP contribution in [0.3, 0.4) is 0 Å². The molecule has 0 atom stereocenters. The maximum atomic E-state index is 12.6. The lowest BCUT2D eigenvalue weighted by Crippen LogP contribution is -2.57. The fourth-order valence-corrected chi connectivity index (χ4v) is 4.23. The lowest BCUT2D eigenvalue weighted by atomic mass is 9.72. The minimum Gasteiger partial charge on any atom is -0.370 e. The van der Waals surface area contributed by atoms with E-state index < -0.39 is 9.84 Å². The van der Waals surface area contributed by atoms with E-state index in [1.807, 2.05) is 18.2 Å². The van der Waals surface area contributed by atoms with Crippen LogP contribution in [0.4, 0.5) is 5.69 Å². The van der Waals surface area contributed by atoms with Gasteiger partial charge in [0.15, 0.2) is 0 Å². The van der Waals surface area contributed by atoms with E-state index in [1.54, 1.807) is 36.4 Å². The minimum atomic E-state index is -3.42. The number of anilines is 1. The van der Waals surface area contributed by atoms with Crippen LogP contribution in [0.5, 0.6) is 0 Å². The second kappa shape index (κ2) is 5.68. The van der Waals surface area contributed by atoms with E-state index in [1.165, 1.54) is 0 Å². The van der Waals surface area contributed by atoms with Crippen LogP contribution in [0.2, 0.25) is 0 Å². The number of rotatable bonds is 4. The van der Waals surface area contributed by atoms with E-state index in [9.17, 15) is 8.42 Å². The van der Waals surface area contributed by atoms with Gasteiger partial charge in [0.2, 0.25) is 9.84 Å². The highest BCUT2D eigenvalue weighted by molar-refractivity contribution is 7.91. The van der Waals surface area contributed by atoms with Gasteiger partial charge in [-0.05, 0) is 42.3 Å². The standard InChI is InChI=1S/C19H23NO2S/c1-15(2)19(3)13-20(14-19)16-9-11-18(12-10-16)23(21,22)17-7-5-4-6-8-17/h4-12,15H,13-14H2,1-3H3. The molecule has 0 saturated carbocycles. The van der Waals surface area contributed by atoms with E-state index in [0.29, 0.717) is 21.1 Å². The van der Waals surface area contributed by atoms with E-state index >= 15 is 0 Å². The molecule has 0 amide bonds. The molecule has 1 fully saturated rings. The first kappa shape index (κ1) is 16.1. The number of sulfone groups is 1. The lowest BCUT2D eigenvalue weighted by Gasteiger charge is -2.52.